The Morgan fingerprint density at radius 1 is 1.26 bits per heavy atom. The summed E-state index contributed by atoms with van der Waals surface area (Å²) >= 11 is 0. The first kappa shape index (κ1) is 20.9. The highest BCUT2D eigenvalue weighted by Gasteiger charge is 2.22. The van der Waals surface area contributed by atoms with E-state index in [9.17, 15) is 23.6 Å². The Kier molecular flexibility index (Phi) is 5.67. The lowest BCUT2D eigenvalue weighted by Gasteiger charge is -2.11. The van der Waals surface area contributed by atoms with Crippen LogP contribution in [0.15, 0.2) is 57.6 Å². The number of hydrogen-bond acceptors (Lipinski definition) is 8. The molecule has 1 aliphatic rings. The largest absolute Gasteiger partial charge is 0.493 e. The van der Waals surface area contributed by atoms with E-state index in [2.05, 4.69) is 19.9 Å². The predicted molar refractivity (Wildman–Crippen MR) is 111 cm³/mol. The van der Waals surface area contributed by atoms with Crippen LogP contribution in [0.1, 0.15) is 12.8 Å². The molecule has 1 aromatic heterocycles. The molecule has 0 aliphatic carbocycles. The zero-order valence-electron chi connectivity index (χ0n) is 16.2. The van der Waals surface area contributed by atoms with Crippen LogP contribution in [0.25, 0.3) is 10.9 Å². The van der Waals surface area contributed by atoms with Crippen molar-refractivity contribution >= 4 is 38.0 Å². The van der Waals surface area contributed by atoms with Gasteiger partial charge in [0.15, 0.2) is 11.4 Å². The predicted octanol–water partition coefficient (Wildman–Crippen LogP) is 3.65. The summed E-state index contributed by atoms with van der Waals surface area (Å²) in [5.74, 6) is -0.334. The van der Waals surface area contributed by atoms with E-state index in [1.54, 1.807) is 6.07 Å². The molecule has 1 aliphatic heterocycles. The number of azo groups is 1. The number of hydrogen-bond donors (Lipinski definition) is 3. The molecule has 3 N–H and O–H groups in total. The monoisotopic (exact) mass is 445 g/mol. The highest BCUT2D eigenvalue weighted by molar-refractivity contribution is 7.89. The third kappa shape index (κ3) is 4.40. The normalized spacial score (nSPS) is 17.0. The summed E-state index contributed by atoms with van der Waals surface area (Å²) < 4.78 is 33.3. The molecule has 2 aromatic carbocycles. The molecule has 12 heteroatoms. The second-order valence-corrected chi connectivity index (χ2v) is 8.73. The summed E-state index contributed by atoms with van der Waals surface area (Å²) in [6, 6.07) is 10.0. The smallest absolute Gasteiger partial charge is 0.296 e. The second-order valence-electron chi connectivity index (χ2n) is 6.96. The second kappa shape index (κ2) is 8.41. The number of H-pyrrole nitrogens is 1. The quantitative estimate of drug-likeness (QED) is 0.286. The van der Waals surface area contributed by atoms with Crippen LogP contribution in [0.5, 0.6) is 5.88 Å². The van der Waals surface area contributed by atoms with Crippen LogP contribution in [0.2, 0.25) is 0 Å². The summed E-state index contributed by atoms with van der Waals surface area (Å²) in [4.78, 5) is 13.2. The molecule has 1 saturated heterocycles. The summed E-state index contributed by atoms with van der Waals surface area (Å²) in [7, 11) is -3.82. The van der Waals surface area contributed by atoms with E-state index >= 15 is 0 Å². The topological polar surface area (TPSA) is 159 Å². The van der Waals surface area contributed by atoms with Crippen molar-refractivity contribution in [1.29, 1.82) is 0 Å². The average molecular weight is 445 g/mol. The zero-order valence-corrected chi connectivity index (χ0v) is 17.0. The Morgan fingerprint density at radius 3 is 2.81 bits per heavy atom. The highest BCUT2D eigenvalue weighted by Crippen LogP contribution is 2.38. The molecule has 162 valence electrons. The summed E-state index contributed by atoms with van der Waals surface area (Å²) in [6.45, 7) is 0.790. The molecule has 0 radical (unpaired) electrons. The van der Waals surface area contributed by atoms with Gasteiger partial charge in [0.05, 0.1) is 21.4 Å². The molecule has 31 heavy (non-hydrogen) atoms. The number of nitrogens with one attached hydrogen (secondary N) is 2. The van der Waals surface area contributed by atoms with Crippen molar-refractivity contribution < 1.29 is 23.2 Å². The van der Waals surface area contributed by atoms with Crippen molar-refractivity contribution in [3.05, 3.63) is 52.6 Å². The van der Waals surface area contributed by atoms with Crippen LogP contribution in [-0.4, -0.2) is 42.7 Å². The maximum atomic E-state index is 12.7. The van der Waals surface area contributed by atoms with Gasteiger partial charge in [0.2, 0.25) is 15.9 Å². The molecule has 0 amide bonds. The maximum Gasteiger partial charge on any atom is 0.296 e. The first-order valence-corrected chi connectivity index (χ1v) is 10.9. The minimum Gasteiger partial charge on any atom is -0.493 e. The molecule has 1 unspecified atom stereocenters. The van der Waals surface area contributed by atoms with Gasteiger partial charge in [-0.15, -0.1) is 10.2 Å². The van der Waals surface area contributed by atoms with Crippen LogP contribution in [-0.2, 0) is 14.8 Å². The minimum atomic E-state index is -3.82. The van der Waals surface area contributed by atoms with Crippen LogP contribution >= 0.6 is 0 Å². The van der Waals surface area contributed by atoms with Gasteiger partial charge < -0.3 is 14.8 Å². The number of aromatic nitrogens is 1. The van der Waals surface area contributed by atoms with Gasteiger partial charge in [-0.2, -0.15) is 0 Å². The molecule has 11 nitrogen and oxygen atoms in total. The molecule has 0 spiro atoms. The van der Waals surface area contributed by atoms with E-state index in [0.717, 1.165) is 12.8 Å². The van der Waals surface area contributed by atoms with Crippen LogP contribution in [0.3, 0.4) is 0 Å². The zero-order chi connectivity index (χ0) is 22.0. The molecule has 0 saturated carbocycles. The molecular weight excluding hydrogens is 426 g/mol. The van der Waals surface area contributed by atoms with E-state index in [4.69, 9.17) is 4.74 Å². The van der Waals surface area contributed by atoms with Gasteiger partial charge in [-0.25, -0.2) is 13.1 Å². The Bertz CT molecular complexity index is 1260. The van der Waals surface area contributed by atoms with E-state index in [0.29, 0.717) is 17.5 Å². The number of nitro benzene ring substituents is 1. The Morgan fingerprint density at radius 2 is 2.06 bits per heavy atom. The van der Waals surface area contributed by atoms with E-state index in [-0.39, 0.29) is 40.5 Å². The summed E-state index contributed by atoms with van der Waals surface area (Å²) in [5.41, 5.74) is 0.173. The number of sulfonamides is 1. The van der Waals surface area contributed by atoms with Gasteiger partial charge in [-0.3, -0.25) is 10.1 Å². The number of ether oxygens (including phenoxy) is 1. The number of aromatic hydroxyl groups is 1. The lowest BCUT2D eigenvalue weighted by molar-refractivity contribution is -0.384. The SMILES string of the molecule is O=[N+]([O-])c1ccccc1N=Nc1c(O)[nH]c2ccc(S(=O)(=O)NCC3CCCO3)cc12. The first-order chi connectivity index (χ1) is 14.8. The Hall–Kier alpha value is -3.35. The van der Waals surface area contributed by atoms with Crippen LogP contribution in [0, 0.1) is 10.1 Å². The number of nitro groups is 1. The number of aromatic amines is 1. The minimum absolute atomic E-state index is 0.00302. The number of nitrogens with zero attached hydrogens (tertiary/aromatic N) is 3. The van der Waals surface area contributed by atoms with E-state index in [1.807, 2.05) is 0 Å². The van der Waals surface area contributed by atoms with E-state index < -0.39 is 14.9 Å². The third-order valence-corrected chi connectivity index (χ3v) is 6.32. The van der Waals surface area contributed by atoms with Crippen molar-refractivity contribution in [1.82, 2.24) is 9.71 Å². The number of fused-ring (bicyclic) bond motifs is 1. The summed E-state index contributed by atoms with van der Waals surface area (Å²) in [5, 5.41) is 29.5. The Labute approximate surface area is 177 Å². The van der Waals surface area contributed by atoms with Gasteiger partial charge in [-0.05, 0) is 37.1 Å². The molecule has 0 bridgehead atoms. The number of benzene rings is 2. The fourth-order valence-corrected chi connectivity index (χ4v) is 4.40. The van der Waals surface area contributed by atoms with Gasteiger partial charge >= 0.3 is 0 Å². The number of rotatable bonds is 7. The van der Waals surface area contributed by atoms with Crippen molar-refractivity contribution in [3.63, 3.8) is 0 Å². The summed E-state index contributed by atoms with van der Waals surface area (Å²) in [6.07, 6.45) is 1.54. The van der Waals surface area contributed by atoms with Crippen molar-refractivity contribution in [3.8, 4) is 5.88 Å². The molecular formula is C19H19N5O6S. The molecule has 1 fully saturated rings. The molecule has 1 atom stereocenters. The lowest BCUT2D eigenvalue weighted by atomic mass is 10.2. The highest BCUT2D eigenvalue weighted by atomic mass is 32.2. The molecule has 4 rings (SSSR count). The van der Waals surface area contributed by atoms with Crippen LogP contribution < -0.4 is 4.72 Å². The maximum absolute atomic E-state index is 12.7. The van der Waals surface area contributed by atoms with Gasteiger partial charge in [0, 0.05) is 24.6 Å². The average Bonchev–Trinajstić information content (AvgIpc) is 3.37. The van der Waals surface area contributed by atoms with Gasteiger partial charge in [-0.1, -0.05) is 12.1 Å². The van der Waals surface area contributed by atoms with Gasteiger partial charge in [0.25, 0.3) is 5.69 Å². The number of para-hydroxylation sites is 1. The van der Waals surface area contributed by atoms with Crippen molar-refractivity contribution in [2.24, 2.45) is 10.2 Å². The Balaban J connectivity index is 1.66. The molecule has 3 aromatic rings. The third-order valence-electron chi connectivity index (χ3n) is 4.90. The molecule has 2 heterocycles. The van der Waals surface area contributed by atoms with Crippen molar-refractivity contribution in [2.45, 2.75) is 23.8 Å². The van der Waals surface area contributed by atoms with Gasteiger partial charge in [0.1, 0.15) is 0 Å². The van der Waals surface area contributed by atoms with Crippen LogP contribution in [0.4, 0.5) is 17.1 Å². The fraction of sp³-hybridized carbons (Fsp3) is 0.263. The van der Waals surface area contributed by atoms with Crippen molar-refractivity contribution in [2.75, 3.05) is 13.2 Å². The first-order valence-electron chi connectivity index (χ1n) is 9.46. The standard InChI is InChI=1S/C19H19N5O6S/c25-19-18(23-22-16-5-1-2-6-17(16)24(26)27)14-10-13(7-8-15(14)21-19)31(28,29)20-11-12-4-3-9-30-12/h1-2,5-8,10,12,20-21,25H,3-4,9,11H2. The van der Waals surface area contributed by atoms with E-state index in [1.165, 1.54) is 36.4 Å². The fourth-order valence-electron chi connectivity index (χ4n) is 3.31. The lowest BCUT2D eigenvalue weighted by Crippen LogP contribution is -2.31.